The van der Waals surface area contributed by atoms with Crippen LogP contribution in [0.5, 0.6) is 0 Å². The first-order chi connectivity index (χ1) is 6.86. The zero-order valence-corrected chi connectivity index (χ0v) is 10.7. The minimum atomic E-state index is 1.02. The molecule has 0 bridgehead atoms. The molecular formula is C13H26S. The van der Waals surface area contributed by atoms with Gasteiger partial charge in [-0.2, -0.15) is 11.8 Å². The van der Waals surface area contributed by atoms with Crippen molar-refractivity contribution in [2.45, 2.75) is 82.1 Å². The fourth-order valence-corrected chi connectivity index (χ4v) is 3.95. The summed E-state index contributed by atoms with van der Waals surface area (Å²) < 4.78 is 0. The van der Waals surface area contributed by atoms with Gasteiger partial charge in [0.05, 0.1) is 0 Å². The maximum atomic E-state index is 2.30. The van der Waals surface area contributed by atoms with Crippen LogP contribution in [0.3, 0.4) is 0 Å². The maximum absolute atomic E-state index is 2.30. The molecular weight excluding hydrogens is 188 g/mol. The molecule has 0 amide bonds. The van der Waals surface area contributed by atoms with Crippen molar-refractivity contribution in [3.8, 4) is 0 Å². The highest BCUT2D eigenvalue weighted by Crippen LogP contribution is 2.38. The van der Waals surface area contributed by atoms with Crippen molar-refractivity contribution in [3.05, 3.63) is 0 Å². The van der Waals surface area contributed by atoms with Crippen molar-refractivity contribution in [3.63, 3.8) is 0 Å². The van der Waals surface area contributed by atoms with Crippen LogP contribution >= 0.6 is 11.8 Å². The fraction of sp³-hybridized carbons (Fsp3) is 1.00. The van der Waals surface area contributed by atoms with Gasteiger partial charge in [-0.1, -0.05) is 46.0 Å². The van der Waals surface area contributed by atoms with E-state index < -0.39 is 0 Å². The summed E-state index contributed by atoms with van der Waals surface area (Å²) in [6.45, 7) is 4.60. The van der Waals surface area contributed by atoms with Gasteiger partial charge in [-0.3, -0.25) is 0 Å². The summed E-state index contributed by atoms with van der Waals surface area (Å²) in [4.78, 5) is 0. The van der Waals surface area contributed by atoms with Crippen LogP contribution in [0.4, 0.5) is 0 Å². The molecule has 1 heterocycles. The predicted molar refractivity (Wildman–Crippen MR) is 68.1 cm³/mol. The standard InChI is InChI=1S/C13H26S/c1-3-5-7-9-13-11-10-12(14-13)8-6-4-2/h12-13H,3-11H2,1-2H3. The Morgan fingerprint density at radius 1 is 0.857 bits per heavy atom. The summed E-state index contributed by atoms with van der Waals surface area (Å²) in [5.41, 5.74) is 0. The lowest BCUT2D eigenvalue weighted by Crippen LogP contribution is -1.98. The highest BCUT2D eigenvalue weighted by Gasteiger charge is 2.23. The SMILES string of the molecule is CCCCCC1CCC(CCCC)S1. The fourth-order valence-electron chi connectivity index (χ4n) is 2.26. The van der Waals surface area contributed by atoms with Crippen LogP contribution in [0.15, 0.2) is 0 Å². The first-order valence-corrected chi connectivity index (χ1v) is 7.46. The van der Waals surface area contributed by atoms with Crippen LogP contribution in [0.1, 0.15) is 71.6 Å². The molecule has 0 aromatic carbocycles. The van der Waals surface area contributed by atoms with Crippen LogP contribution in [-0.2, 0) is 0 Å². The van der Waals surface area contributed by atoms with Gasteiger partial charge < -0.3 is 0 Å². The van der Waals surface area contributed by atoms with E-state index in [1.165, 1.54) is 57.8 Å². The third kappa shape index (κ3) is 4.72. The average Bonchev–Trinajstić information content (AvgIpc) is 2.63. The smallest absolute Gasteiger partial charge is 0.00502 e. The topological polar surface area (TPSA) is 0 Å². The Bertz CT molecular complexity index is 133. The summed E-state index contributed by atoms with van der Waals surface area (Å²) in [5, 5.41) is 2.03. The van der Waals surface area contributed by atoms with Gasteiger partial charge in [0.2, 0.25) is 0 Å². The summed E-state index contributed by atoms with van der Waals surface area (Å²) in [5.74, 6) is 0. The molecule has 1 aliphatic heterocycles. The summed E-state index contributed by atoms with van der Waals surface area (Å²) in [7, 11) is 0. The molecule has 2 unspecified atom stereocenters. The number of thioether (sulfide) groups is 1. The van der Waals surface area contributed by atoms with Crippen LogP contribution < -0.4 is 0 Å². The Balaban J connectivity index is 2.02. The molecule has 0 aliphatic carbocycles. The van der Waals surface area contributed by atoms with Crippen molar-refractivity contribution < 1.29 is 0 Å². The first kappa shape index (κ1) is 12.4. The van der Waals surface area contributed by atoms with Gasteiger partial charge in [0.1, 0.15) is 0 Å². The summed E-state index contributed by atoms with van der Waals surface area (Å²) in [6, 6.07) is 0. The Kier molecular flexibility index (Phi) is 6.76. The molecule has 84 valence electrons. The zero-order chi connectivity index (χ0) is 10.2. The van der Waals surface area contributed by atoms with E-state index in [1.807, 2.05) is 0 Å². The van der Waals surface area contributed by atoms with E-state index in [0.29, 0.717) is 0 Å². The second-order valence-corrected chi connectivity index (χ2v) is 6.20. The molecule has 1 fully saturated rings. The molecule has 2 atom stereocenters. The monoisotopic (exact) mass is 214 g/mol. The summed E-state index contributed by atoms with van der Waals surface area (Å²) in [6.07, 6.45) is 13.1. The van der Waals surface area contributed by atoms with Crippen molar-refractivity contribution in [1.29, 1.82) is 0 Å². The molecule has 0 N–H and O–H groups in total. The maximum Gasteiger partial charge on any atom is 0.00502 e. The van der Waals surface area contributed by atoms with Gasteiger partial charge in [0, 0.05) is 10.5 Å². The van der Waals surface area contributed by atoms with Crippen molar-refractivity contribution in [2.75, 3.05) is 0 Å². The van der Waals surface area contributed by atoms with Gasteiger partial charge in [-0.25, -0.2) is 0 Å². The molecule has 0 nitrogen and oxygen atoms in total. The molecule has 1 heteroatoms. The molecule has 0 saturated carbocycles. The lowest BCUT2D eigenvalue weighted by Gasteiger charge is -2.10. The minimum Gasteiger partial charge on any atom is -0.155 e. The van der Waals surface area contributed by atoms with E-state index >= 15 is 0 Å². The normalized spacial score (nSPS) is 27.0. The van der Waals surface area contributed by atoms with E-state index in [-0.39, 0.29) is 0 Å². The van der Waals surface area contributed by atoms with E-state index in [2.05, 4.69) is 25.6 Å². The third-order valence-electron chi connectivity index (χ3n) is 3.20. The molecule has 14 heavy (non-hydrogen) atoms. The number of rotatable bonds is 7. The third-order valence-corrected chi connectivity index (χ3v) is 4.92. The Morgan fingerprint density at radius 2 is 1.43 bits per heavy atom. The zero-order valence-electron chi connectivity index (χ0n) is 9.93. The lowest BCUT2D eigenvalue weighted by molar-refractivity contribution is 0.605. The quantitative estimate of drug-likeness (QED) is 0.536. The minimum absolute atomic E-state index is 1.02. The van der Waals surface area contributed by atoms with Crippen LogP contribution in [0.2, 0.25) is 0 Å². The molecule has 0 radical (unpaired) electrons. The summed E-state index contributed by atoms with van der Waals surface area (Å²) >= 11 is 2.30. The van der Waals surface area contributed by atoms with Gasteiger partial charge >= 0.3 is 0 Å². The van der Waals surface area contributed by atoms with Crippen LogP contribution in [-0.4, -0.2) is 10.5 Å². The second kappa shape index (κ2) is 7.62. The van der Waals surface area contributed by atoms with Crippen LogP contribution in [0, 0.1) is 0 Å². The molecule has 0 aromatic rings. The first-order valence-electron chi connectivity index (χ1n) is 6.52. The van der Waals surface area contributed by atoms with Gasteiger partial charge in [-0.15, -0.1) is 0 Å². The van der Waals surface area contributed by atoms with Crippen molar-refractivity contribution >= 4 is 11.8 Å². The molecule has 1 saturated heterocycles. The van der Waals surface area contributed by atoms with E-state index in [0.717, 1.165) is 10.5 Å². The highest BCUT2D eigenvalue weighted by atomic mass is 32.2. The Labute approximate surface area is 94.2 Å². The van der Waals surface area contributed by atoms with Crippen LogP contribution in [0.25, 0.3) is 0 Å². The Hall–Kier alpha value is 0.350. The number of hydrogen-bond acceptors (Lipinski definition) is 1. The number of hydrogen-bond donors (Lipinski definition) is 0. The van der Waals surface area contributed by atoms with Crippen molar-refractivity contribution in [1.82, 2.24) is 0 Å². The van der Waals surface area contributed by atoms with E-state index in [1.54, 1.807) is 0 Å². The lowest BCUT2D eigenvalue weighted by atomic mass is 10.1. The van der Waals surface area contributed by atoms with Gasteiger partial charge in [-0.05, 0) is 25.7 Å². The molecule has 1 aliphatic rings. The van der Waals surface area contributed by atoms with Gasteiger partial charge in [0.25, 0.3) is 0 Å². The van der Waals surface area contributed by atoms with Crippen molar-refractivity contribution in [2.24, 2.45) is 0 Å². The van der Waals surface area contributed by atoms with Gasteiger partial charge in [0.15, 0.2) is 0 Å². The van der Waals surface area contributed by atoms with E-state index in [9.17, 15) is 0 Å². The molecule has 0 aromatic heterocycles. The second-order valence-electron chi connectivity index (χ2n) is 4.60. The average molecular weight is 214 g/mol. The number of unbranched alkanes of at least 4 members (excludes halogenated alkanes) is 3. The largest absolute Gasteiger partial charge is 0.155 e. The predicted octanol–water partition coefficient (Wildman–Crippen LogP) is 5.02. The molecule has 1 rings (SSSR count). The Morgan fingerprint density at radius 3 is 2.00 bits per heavy atom. The van der Waals surface area contributed by atoms with E-state index in [4.69, 9.17) is 0 Å². The molecule has 0 spiro atoms. The highest BCUT2D eigenvalue weighted by molar-refractivity contribution is 8.00.